The summed E-state index contributed by atoms with van der Waals surface area (Å²) in [6.07, 6.45) is 2.02. The summed E-state index contributed by atoms with van der Waals surface area (Å²) in [5.74, 6) is 0. The molecule has 0 radical (unpaired) electrons. The normalized spacial score (nSPS) is 16.2. The Hall–Kier alpha value is -2.72. The first-order valence-corrected chi connectivity index (χ1v) is 9.58. The number of hydrogen-bond donors (Lipinski definition) is 2. The van der Waals surface area contributed by atoms with E-state index in [1.54, 1.807) is 0 Å². The first-order valence-electron chi connectivity index (χ1n) is 8.66. The Kier molecular flexibility index (Phi) is 4.93. The van der Waals surface area contributed by atoms with Crippen LogP contribution in [0.3, 0.4) is 0 Å². The molecule has 3 aromatic rings. The topological polar surface area (TPSA) is 27.3 Å². The van der Waals surface area contributed by atoms with E-state index < -0.39 is 0 Å². The van der Waals surface area contributed by atoms with Gasteiger partial charge in [-0.05, 0) is 42.0 Å². The van der Waals surface area contributed by atoms with Crippen molar-refractivity contribution in [1.82, 2.24) is 10.6 Å². The molecule has 26 heavy (non-hydrogen) atoms. The van der Waals surface area contributed by atoms with E-state index >= 15 is 0 Å². The fourth-order valence-electron chi connectivity index (χ4n) is 3.06. The van der Waals surface area contributed by atoms with Gasteiger partial charge in [-0.3, -0.25) is 0 Å². The molecule has 0 fully saturated rings. The molecule has 0 spiro atoms. The van der Waals surface area contributed by atoms with Crippen LogP contribution in [0.25, 0.3) is 5.70 Å². The number of halogens is 1. The van der Waals surface area contributed by atoms with E-state index in [1.165, 1.54) is 5.56 Å². The highest BCUT2D eigenvalue weighted by molar-refractivity contribution is 9.09. The van der Waals surface area contributed by atoms with Gasteiger partial charge in [0.05, 0.1) is 10.6 Å². The summed E-state index contributed by atoms with van der Waals surface area (Å²) >= 11 is 3.55. The highest BCUT2D eigenvalue weighted by Gasteiger charge is 2.14. The molecular weight excluding hydrogens is 386 g/mol. The zero-order valence-electron chi connectivity index (χ0n) is 14.3. The summed E-state index contributed by atoms with van der Waals surface area (Å²) in [5.41, 5.74) is 5.70. The average molecular weight is 406 g/mol. The lowest BCUT2D eigenvalue weighted by Gasteiger charge is -2.26. The Balaban J connectivity index is 1.68. The minimum Gasteiger partial charge on any atom is -0.380 e. The molecule has 4 rings (SSSR count). The summed E-state index contributed by atoms with van der Waals surface area (Å²) in [6.45, 7) is 0.855. The van der Waals surface area contributed by atoms with E-state index in [0.717, 1.165) is 29.3 Å². The molecule has 0 bridgehead atoms. The standard InChI is InChI=1S/C22H20BrN3/c23-22-16-24-21(15-25-22)17-11-13-20(14-12-17)26(18-7-3-1-4-8-18)19-9-5-2-6-10-19/h1-15,22,24-25H,16H2. The zero-order chi connectivity index (χ0) is 17.8. The molecule has 0 aliphatic carbocycles. The second-order valence-electron chi connectivity index (χ2n) is 6.13. The molecule has 4 heteroatoms. The molecule has 1 aliphatic heterocycles. The lowest BCUT2D eigenvalue weighted by atomic mass is 10.1. The smallest absolute Gasteiger partial charge is 0.0988 e. The number of rotatable bonds is 4. The number of para-hydroxylation sites is 2. The Labute approximate surface area is 162 Å². The monoisotopic (exact) mass is 405 g/mol. The molecule has 1 aliphatic rings. The van der Waals surface area contributed by atoms with Crippen LogP contribution in [0.1, 0.15) is 5.56 Å². The fourth-order valence-corrected chi connectivity index (χ4v) is 3.35. The lowest BCUT2D eigenvalue weighted by Crippen LogP contribution is -2.36. The fraction of sp³-hybridized carbons (Fsp3) is 0.0909. The predicted octanol–water partition coefficient (Wildman–Crippen LogP) is 5.37. The number of alkyl halides is 1. The van der Waals surface area contributed by atoms with Crippen molar-refractivity contribution in [2.75, 3.05) is 11.4 Å². The van der Waals surface area contributed by atoms with Gasteiger partial charge in [-0.25, -0.2) is 0 Å². The minimum absolute atomic E-state index is 0.275. The highest BCUT2D eigenvalue weighted by atomic mass is 79.9. The molecular formula is C22H20BrN3. The van der Waals surface area contributed by atoms with Crippen LogP contribution in [0, 0.1) is 0 Å². The van der Waals surface area contributed by atoms with Crippen LogP contribution in [-0.2, 0) is 0 Å². The summed E-state index contributed by atoms with van der Waals surface area (Å²) in [7, 11) is 0. The molecule has 3 aromatic carbocycles. The van der Waals surface area contributed by atoms with E-state index in [9.17, 15) is 0 Å². The van der Waals surface area contributed by atoms with Crippen LogP contribution in [-0.4, -0.2) is 11.5 Å². The van der Waals surface area contributed by atoms with E-state index in [1.807, 2.05) is 18.3 Å². The van der Waals surface area contributed by atoms with Crippen molar-refractivity contribution < 1.29 is 0 Å². The molecule has 0 aromatic heterocycles. The summed E-state index contributed by atoms with van der Waals surface area (Å²) in [6, 6.07) is 29.5. The van der Waals surface area contributed by atoms with E-state index in [-0.39, 0.29) is 4.95 Å². The van der Waals surface area contributed by atoms with E-state index in [2.05, 4.69) is 104 Å². The molecule has 0 amide bonds. The van der Waals surface area contributed by atoms with Crippen molar-refractivity contribution in [1.29, 1.82) is 0 Å². The van der Waals surface area contributed by atoms with E-state index in [0.29, 0.717) is 0 Å². The SMILES string of the molecule is BrC1CNC(c2ccc(N(c3ccccc3)c3ccccc3)cc2)=CN1. The summed E-state index contributed by atoms with van der Waals surface area (Å²) < 4.78 is 0. The highest BCUT2D eigenvalue weighted by Crippen LogP contribution is 2.34. The van der Waals surface area contributed by atoms with Crippen LogP contribution < -0.4 is 15.5 Å². The maximum atomic E-state index is 3.55. The van der Waals surface area contributed by atoms with Crippen LogP contribution in [0.15, 0.2) is 91.1 Å². The van der Waals surface area contributed by atoms with Gasteiger partial charge < -0.3 is 15.5 Å². The molecule has 1 unspecified atom stereocenters. The van der Waals surface area contributed by atoms with Gasteiger partial charge in [-0.15, -0.1) is 0 Å². The first kappa shape index (κ1) is 16.7. The molecule has 0 saturated carbocycles. The third kappa shape index (κ3) is 3.60. The van der Waals surface area contributed by atoms with Gasteiger partial charge in [0.1, 0.15) is 0 Å². The third-order valence-electron chi connectivity index (χ3n) is 4.35. The molecule has 0 saturated heterocycles. The number of hydrogen-bond acceptors (Lipinski definition) is 3. The van der Waals surface area contributed by atoms with Crippen molar-refractivity contribution in [2.45, 2.75) is 4.95 Å². The Morgan fingerprint density at radius 2 is 1.27 bits per heavy atom. The van der Waals surface area contributed by atoms with Gasteiger partial charge in [0.25, 0.3) is 0 Å². The third-order valence-corrected chi connectivity index (χ3v) is 4.93. The van der Waals surface area contributed by atoms with Crippen molar-refractivity contribution in [3.63, 3.8) is 0 Å². The number of nitrogens with one attached hydrogen (secondary N) is 2. The Morgan fingerprint density at radius 1 is 0.731 bits per heavy atom. The minimum atomic E-state index is 0.275. The quantitative estimate of drug-likeness (QED) is 0.451. The van der Waals surface area contributed by atoms with Crippen molar-refractivity contribution in [2.24, 2.45) is 0 Å². The summed E-state index contributed by atoms with van der Waals surface area (Å²) in [4.78, 5) is 2.54. The van der Waals surface area contributed by atoms with E-state index in [4.69, 9.17) is 0 Å². The second-order valence-corrected chi connectivity index (χ2v) is 7.23. The van der Waals surface area contributed by atoms with Gasteiger partial charge in [-0.2, -0.15) is 0 Å². The van der Waals surface area contributed by atoms with Gasteiger partial charge in [0.15, 0.2) is 0 Å². The van der Waals surface area contributed by atoms with Crippen LogP contribution in [0.5, 0.6) is 0 Å². The number of anilines is 3. The zero-order valence-corrected chi connectivity index (χ0v) is 15.9. The lowest BCUT2D eigenvalue weighted by molar-refractivity contribution is 0.705. The maximum absolute atomic E-state index is 3.55. The number of nitrogens with zero attached hydrogens (tertiary/aromatic N) is 1. The molecule has 1 heterocycles. The molecule has 1 atom stereocenters. The second kappa shape index (κ2) is 7.67. The van der Waals surface area contributed by atoms with Crippen molar-refractivity contribution in [3.05, 3.63) is 96.7 Å². The average Bonchev–Trinajstić information content (AvgIpc) is 2.71. The van der Waals surface area contributed by atoms with Crippen molar-refractivity contribution >= 4 is 38.7 Å². The van der Waals surface area contributed by atoms with Crippen LogP contribution in [0.4, 0.5) is 17.1 Å². The van der Waals surface area contributed by atoms with Gasteiger partial charge in [0.2, 0.25) is 0 Å². The Morgan fingerprint density at radius 3 is 1.77 bits per heavy atom. The first-order chi connectivity index (χ1) is 12.8. The van der Waals surface area contributed by atoms with Gasteiger partial charge in [0, 0.05) is 29.8 Å². The van der Waals surface area contributed by atoms with Crippen LogP contribution >= 0.6 is 15.9 Å². The molecule has 2 N–H and O–H groups in total. The predicted molar refractivity (Wildman–Crippen MR) is 113 cm³/mol. The van der Waals surface area contributed by atoms with Crippen LogP contribution in [0.2, 0.25) is 0 Å². The van der Waals surface area contributed by atoms with Crippen molar-refractivity contribution in [3.8, 4) is 0 Å². The largest absolute Gasteiger partial charge is 0.380 e. The molecule has 3 nitrogen and oxygen atoms in total. The maximum Gasteiger partial charge on any atom is 0.0988 e. The van der Waals surface area contributed by atoms with Gasteiger partial charge in [-0.1, -0.05) is 64.5 Å². The summed E-state index contributed by atoms with van der Waals surface area (Å²) in [5, 5.41) is 6.74. The number of benzene rings is 3. The Bertz CT molecular complexity index is 837. The van der Waals surface area contributed by atoms with Gasteiger partial charge >= 0.3 is 0 Å². The molecule has 130 valence electrons.